The van der Waals surface area contributed by atoms with Crippen LogP contribution >= 0.6 is 11.8 Å². The third-order valence-electron chi connectivity index (χ3n) is 6.44. The maximum Gasteiger partial charge on any atom is 0.254 e. The number of piperazine rings is 1. The van der Waals surface area contributed by atoms with E-state index in [1.165, 1.54) is 0 Å². The summed E-state index contributed by atoms with van der Waals surface area (Å²) in [4.78, 5) is 32.5. The average Bonchev–Trinajstić information content (AvgIpc) is 3.07. The van der Waals surface area contributed by atoms with Crippen molar-refractivity contribution in [3.05, 3.63) is 35.4 Å². The number of thioether (sulfide) groups is 1. The molecule has 0 radical (unpaired) electrons. The smallest absolute Gasteiger partial charge is 0.254 e. The van der Waals surface area contributed by atoms with E-state index < -0.39 is 0 Å². The van der Waals surface area contributed by atoms with Crippen LogP contribution in [0.3, 0.4) is 0 Å². The fourth-order valence-corrected chi connectivity index (χ4v) is 5.94. The van der Waals surface area contributed by atoms with Gasteiger partial charge in [-0.15, -0.1) is 0 Å². The van der Waals surface area contributed by atoms with Gasteiger partial charge < -0.3 is 14.9 Å². The minimum Gasteiger partial charge on any atom is -0.395 e. The monoisotopic (exact) mass is 403 g/mol. The van der Waals surface area contributed by atoms with Crippen molar-refractivity contribution >= 4 is 23.6 Å². The molecule has 3 aliphatic heterocycles. The first-order valence-corrected chi connectivity index (χ1v) is 11.4. The average molecular weight is 404 g/mol. The number of carbonyl (C=O) groups is 2. The number of aliphatic hydroxyl groups is 1. The van der Waals surface area contributed by atoms with Crippen LogP contribution in [0.4, 0.5) is 0 Å². The molecular formula is C21H29N3O3S. The molecule has 1 aromatic carbocycles. The Kier molecular flexibility index (Phi) is 5.94. The molecule has 0 bridgehead atoms. The summed E-state index contributed by atoms with van der Waals surface area (Å²) in [5.74, 6) is 2.25. The van der Waals surface area contributed by atoms with E-state index in [-0.39, 0.29) is 24.0 Å². The predicted octanol–water partition coefficient (Wildman–Crippen LogP) is 1.43. The SMILES string of the molecule is O=C(CC1(N2Cc3ccccc3C2=O)CCSCC1)N1CCN(CCO)CC1. The summed E-state index contributed by atoms with van der Waals surface area (Å²) >= 11 is 1.92. The number of amides is 2. The fraction of sp³-hybridized carbons (Fsp3) is 0.619. The highest BCUT2D eigenvalue weighted by atomic mass is 32.2. The molecule has 0 unspecified atom stereocenters. The number of aliphatic hydroxyl groups excluding tert-OH is 1. The molecule has 1 aromatic rings. The van der Waals surface area contributed by atoms with E-state index in [1.807, 2.05) is 45.8 Å². The van der Waals surface area contributed by atoms with Gasteiger partial charge in [0.15, 0.2) is 0 Å². The van der Waals surface area contributed by atoms with Crippen molar-refractivity contribution in [3.63, 3.8) is 0 Å². The maximum absolute atomic E-state index is 13.2. The van der Waals surface area contributed by atoms with Crippen molar-refractivity contribution in [3.8, 4) is 0 Å². The third-order valence-corrected chi connectivity index (χ3v) is 7.42. The first kappa shape index (κ1) is 19.7. The van der Waals surface area contributed by atoms with Gasteiger partial charge in [0, 0.05) is 44.8 Å². The zero-order valence-electron chi connectivity index (χ0n) is 16.3. The van der Waals surface area contributed by atoms with Crippen LogP contribution in [-0.2, 0) is 11.3 Å². The Morgan fingerprint density at radius 2 is 1.82 bits per heavy atom. The van der Waals surface area contributed by atoms with Crippen LogP contribution in [0.5, 0.6) is 0 Å². The highest BCUT2D eigenvalue weighted by Crippen LogP contribution is 2.40. The Bertz CT molecular complexity index is 727. The highest BCUT2D eigenvalue weighted by Gasteiger charge is 2.46. The molecule has 6 nitrogen and oxygen atoms in total. The van der Waals surface area contributed by atoms with Gasteiger partial charge in [0.05, 0.1) is 18.6 Å². The van der Waals surface area contributed by atoms with E-state index in [9.17, 15) is 9.59 Å². The van der Waals surface area contributed by atoms with Crippen LogP contribution in [0.15, 0.2) is 24.3 Å². The Hall–Kier alpha value is -1.57. The number of benzene rings is 1. The van der Waals surface area contributed by atoms with Crippen molar-refractivity contribution < 1.29 is 14.7 Å². The van der Waals surface area contributed by atoms with Crippen molar-refractivity contribution in [1.82, 2.24) is 14.7 Å². The molecule has 7 heteroatoms. The molecule has 0 aliphatic carbocycles. The normalized spacial score (nSPS) is 22.4. The lowest BCUT2D eigenvalue weighted by Crippen LogP contribution is -2.56. The zero-order valence-corrected chi connectivity index (χ0v) is 17.1. The van der Waals surface area contributed by atoms with Gasteiger partial charge in [-0.3, -0.25) is 14.5 Å². The van der Waals surface area contributed by atoms with Crippen LogP contribution in [0.1, 0.15) is 35.2 Å². The van der Waals surface area contributed by atoms with Gasteiger partial charge in [-0.05, 0) is 36.0 Å². The van der Waals surface area contributed by atoms with Crippen molar-refractivity contribution in [2.45, 2.75) is 31.3 Å². The molecule has 4 rings (SSSR count). The minimum absolute atomic E-state index is 0.0862. The molecule has 1 N–H and O–H groups in total. The molecule has 2 fully saturated rings. The number of fused-ring (bicyclic) bond motifs is 1. The molecule has 0 aromatic heterocycles. The molecule has 2 amide bonds. The second-order valence-electron chi connectivity index (χ2n) is 8.01. The number of β-amino-alcohol motifs (C(OH)–C–C–N with tert-alkyl or cyclic N) is 1. The molecule has 0 spiro atoms. The topological polar surface area (TPSA) is 64.1 Å². The van der Waals surface area contributed by atoms with Crippen molar-refractivity contribution in [2.75, 3.05) is 50.8 Å². The molecule has 2 saturated heterocycles. The number of rotatable bonds is 5. The Morgan fingerprint density at radius 3 is 2.50 bits per heavy atom. The van der Waals surface area contributed by atoms with E-state index in [0.29, 0.717) is 32.6 Å². The van der Waals surface area contributed by atoms with E-state index in [2.05, 4.69) is 4.90 Å². The summed E-state index contributed by atoms with van der Waals surface area (Å²) < 4.78 is 0. The maximum atomic E-state index is 13.2. The summed E-state index contributed by atoms with van der Waals surface area (Å²) in [5.41, 5.74) is 1.51. The van der Waals surface area contributed by atoms with E-state index in [4.69, 9.17) is 5.11 Å². The molecule has 152 valence electrons. The van der Waals surface area contributed by atoms with Gasteiger partial charge in [0.1, 0.15) is 0 Å². The van der Waals surface area contributed by atoms with Gasteiger partial charge in [0.2, 0.25) is 5.91 Å². The standard InChI is InChI=1S/C21H29N3O3S/c25-12-11-22-7-9-23(10-8-22)19(26)15-21(5-13-28-14-6-21)24-16-17-3-1-2-4-18(17)20(24)27/h1-4,25H,5-16H2. The fourth-order valence-electron chi connectivity index (χ4n) is 4.69. The first-order valence-electron chi connectivity index (χ1n) is 10.2. The summed E-state index contributed by atoms with van der Waals surface area (Å²) in [6.07, 6.45) is 2.19. The summed E-state index contributed by atoms with van der Waals surface area (Å²) in [6.45, 7) is 4.48. The van der Waals surface area contributed by atoms with Crippen LogP contribution in [-0.4, -0.2) is 88.0 Å². The van der Waals surface area contributed by atoms with E-state index in [1.54, 1.807) is 0 Å². The van der Waals surface area contributed by atoms with Crippen molar-refractivity contribution in [1.29, 1.82) is 0 Å². The molecule has 28 heavy (non-hydrogen) atoms. The lowest BCUT2D eigenvalue weighted by Gasteiger charge is -2.45. The Labute approximate surface area is 170 Å². The number of carbonyl (C=O) groups excluding carboxylic acids is 2. The van der Waals surface area contributed by atoms with Gasteiger partial charge in [-0.1, -0.05) is 18.2 Å². The first-order chi connectivity index (χ1) is 13.6. The van der Waals surface area contributed by atoms with E-state index >= 15 is 0 Å². The second kappa shape index (κ2) is 8.43. The van der Waals surface area contributed by atoms with Crippen LogP contribution in [0.25, 0.3) is 0 Å². The summed E-state index contributed by atoms with van der Waals surface area (Å²) in [5, 5.41) is 9.10. The third kappa shape index (κ3) is 3.80. The molecule has 3 aliphatic rings. The van der Waals surface area contributed by atoms with Gasteiger partial charge in [-0.25, -0.2) is 0 Å². The quantitative estimate of drug-likeness (QED) is 0.806. The van der Waals surface area contributed by atoms with Gasteiger partial charge in [-0.2, -0.15) is 11.8 Å². The number of nitrogens with zero attached hydrogens (tertiary/aromatic N) is 3. The largest absolute Gasteiger partial charge is 0.395 e. The van der Waals surface area contributed by atoms with Gasteiger partial charge >= 0.3 is 0 Å². The second-order valence-corrected chi connectivity index (χ2v) is 9.23. The van der Waals surface area contributed by atoms with E-state index in [0.717, 1.165) is 48.6 Å². The zero-order chi connectivity index (χ0) is 19.6. The van der Waals surface area contributed by atoms with Crippen LogP contribution in [0.2, 0.25) is 0 Å². The number of hydrogen-bond donors (Lipinski definition) is 1. The Balaban J connectivity index is 1.48. The lowest BCUT2D eigenvalue weighted by atomic mass is 9.85. The van der Waals surface area contributed by atoms with Gasteiger partial charge in [0.25, 0.3) is 5.91 Å². The molecule has 3 heterocycles. The number of hydrogen-bond acceptors (Lipinski definition) is 5. The lowest BCUT2D eigenvalue weighted by molar-refractivity contribution is -0.136. The minimum atomic E-state index is -0.360. The summed E-state index contributed by atoms with van der Waals surface area (Å²) in [7, 11) is 0. The summed E-state index contributed by atoms with van der Waals surface area (Å²) in [6, 6.07) is 7.84. The van der Waals surface area contributed by atoms with Crippen LogP contribution in [0, 0.1) is 0 Å². The highest BCUT2D eigenvalue weighted by molar-refractivity contribution is 7.99. The molecule has 0 atom stereocenters. The Morgan fingerprint density at radius 1 is 1.11 bits per heavy atom. The molecular weight excluding hydrogens is 374 g/mol. The van der Waals surface area contributed by atoms with Crippen molar-refractivity contribution in [2.24, 2.45) is 0 Å². The predicted molar refractivity (Wildman–Crippen MR) is 110 cm³/mol. The van der Waals surface area contributed by atoms with Crippen LogP contribution < -0.4 is 0 Å². The molecule has 0 saturated carbocycles.